The van der Waals surface area contributed by atoms with Crippen LogP contribution in [-0.4, -0.2) is 63.8 Å². The van der Waals surface area contributed by atoms with Crippen molar-refractivity contribution in [1.82, 2.24) is 24.6 Å². The third-order valence-electron chi connectivity index (χ3n) is 4.39. The number of likely N-dealkylation sites (N-methyl/N-ethyl adjacent to an activating group) is 1. The smallest absolute Gasteiger partial charge is 0.257 e. The summed E-state index contributed by atoms with van der Waals surface area (Å²) in [6.07, 6.45) is 6.95. The molecular weight excluding hydrogens is 388 g/mol. The number of halogens is 1. The van der Waals surface area contributed by atoms with Gasteiger partial charge in [0.15, 0.2) is 0 Å². The molecule has 8 nitrogen and oxygen atoms in total. The Labute approximate surface area is 154 Å². The maximum Gasteiger partial charge on any atom is 0.257 e. The zero-order chi connectivity index (χ0) is 18.0. The van der Waals surface area contributed by atoms with Gasteiger partial charge < -0.3 is 14.5 Å². The quantitative estimate of drug-likeness (QED) is 0.766. The highest BCUT2D eigenvalue weighted by Gasteiger charge is 2.28. The lowest BCUT2D eigenvalue weighted by Gasteiger charge is -2.37. The molecule has 9 heteroatoms. The van der Waals surface area contributed by atoms with Crippen LogP contribution in [0, 0.1) is 0 Å². The molecule has 1 amide bonds. The molecule has 2 aromatic heterocycles. The second-order valence-electron chi connectivity index (χ2n) is 6.09. The predicted octanol–water partition coefficient (Wildman–Crippen LogP) is 1.72. The van der Waals surface area contributed by atoms with E-state index in [2.05, 4.69) is 35.9 Å². The molecule has 3 rings (SSSR count). The summed E-state index contributed by atoms with van der Waals surface area (Å²) in [5.41, 5.74) is 0.601. The number of methoxy groups -OCH3 is 1. The minimum Gasteiger partial charge on any atom is -0.480 e. The van der Waals surface area contributed by atoms with Crippen molar-refractivity contribution >= 4 is 27.8 Å². The van der Waals surface area contributed by atoms with Crippen molar-refractivity contribution in [3.63, 3.8) is 0 Å². The van der Waals surface area contributed by atoms with E-state index in [1.54, 1.807) is 42.3 Å². The van der Waals surface area contributed by atoms with Crippen molar-refractivity contribution in [2.24, 2.45) is 7.05 Å². The van der Waals surface area contributed by atoms with E-state index in [1.807, 2.05) is 7.05 Å². The van der Waals surface area contributed by atoms with Crippen LogP contribution in [0.5, 0.6) is 5.88 Å². The molecule has 25 heavy (non-hydrogen) atoms. The number of nitrogens with zero attached hydrogens (tertiary/aromatic N) is 6. The van der Waals surface area contributed by atoms with E-state index in [0.717, 1.165) is 23.9 Å². The van der Waals surface area contributed by atoms with E-state index in [1.165, 1.54) is 0 Å². The van der Waals surface area contributed by atoms with Gasteiger partial charge >= 0.3 is 0 Å². The molecule has 1 saturated heterocycles. The normalized spacial score (nSPS) is 17.4. The van der Waals surface area contributed by atoms with Crippen LogP contribution < -0.4 is 9.64 Å². The molecule has 1 fully saturated rings. The van der Waals surface area contributed by atoms with Crippen molar-refractivity contribution in [3.05, 3.63) is 28.6 Å². The fourth-order valence-corrected chi connectivity index (χ4v) is 3.34. The van der Waals surface area contributed by atoms with Crippen LogP contribution in [0.15, 0.2) is 23.1 Å². The molecule has 134 valence electrons. The SMILES string of the molecule is COc1nc(N2CCCC(N(C)C(=O)c3cnn(C)c3)C2)ncc1Br. The Hall–Kier alpha value is -2.16. The van der Waals surface area contributed by atoms with Gasteiger partial charge in [0.05, 0.1) is 29.5 Å². The molecule has 1 aliphatic heterocycles. The maximum atomic E-state index is 12.6. The summed E-state index contributed by atoms with van der Waals surface area (Å²) >= 11 is 3.37. The van der Waals surface area contributed by atoms with Crippen molar-refractivity contribution in [2.45, 2.75) is 18.9 Å². The summed E-state index contributed by atoms with van der Waals surface area (Å²) in [6.45, 7) is 1.55. The number of aryl methyl sites for hydroxylation is 1. The summed E-state index contributed by atoms with van der Waals surface area (Å²) in [4.78, 5) is 25.4. The molecule has 3 heterocycles. The number of hydrogen-bond donors (Lipinski definition) is 0. The second kappa shape index (κ2) is 7.38. The molecule has 0 aromatic carbocycles. The Morgan fingerprint density at radius 1 is 1.44 bits per heavy atom. The molecule has 1 atom stereocenters. The van der Waals surface area contributed by atoms with Gasteiger partial charge in [-0.05, 0) is 28.8 Å². The van der Waals surface area contributed by atoms with Gasteiger partial charge in [-0.1, -0.05) is 0 Å². The van der Waals surface area contributed by atoms with Crippen molar-refractivity contribution in [3.8, 4) is 5.88 Å². The van der Waals surface area contributed by atoms with Crippen LogP contribution in [-0.2, 0) is 7.05 Å². The highest BCUT2D eigenvalue weighted by Crippen LogP contribution is 2.26. The fourth-order valence-electron chi connectivity index (χ4n) is 2.99. The molecule has 0 saturated carbocycles. The first kappa shape index (κ1) is 17.7. The van der Waals surface area contributed by atoms with Crippen molar-refractivity contribution in [1.29, 1.82) is 0 Å². The van der Waals surface area contributed by atoms with Gasteiger partial charge in [0.2, 0.25) is 11.8 Å². The van der Waals surface area contributed by atoms with Crippen molar-refractivity contribution < 1.29 is 9.53 Å². The average molecular weight is 409 g/mol. The third-order valence-corrected chi connectivity index (χ3v) is 4.94. The van der Waals surface area contributed by atoms with Crippen LogP contribution in [0.4, 0.5) is 5.95 Å². The Bertz CT molecular complexity index is 765. The third kappa shape index (κ3) is 3.76. The molecule has 0 N–H and O–H groups in total. The van der Waals surface area contributed by atoms with Crippen LogP contribution in [0.25, 0.3) is 0 Å². The molecular formula is C16H21BrN6O2. The number of piperidine rings is 1. The lowest BCUT2D eigenvalue weighted by atomic mass is 10.0. The van der Waals surface area contributed by atoms with Crippen LogP contribution in [0.2, 0.25) is 0 Å². The van der Waals surface area contributed by atoms with Crippen LogP contribution in [0.3, 0.4) is 0 Å². The zero-order valence-corrected chi connectivity index (χ0v) is 16.1. The summed E-state index contributed by atoms with van der Waals surface area (Å²) < 4.78 is 7.60. The molecule has 0 spiro atoms. The van der Waals surface area contributed by atoms with Crippen LogP contribution >= 0.6 is 15.9 Å². The highest BCUT2D eigenvalue weighted by molar-refractivity contribution is 9.10. The second-order valence-corrected chi connectivity index (χ2v) is 6.94. The molecule has 2 aromatic rings. The molecule has 1 aliphatic rings. The molecule has 1 unspecified atom stereocenters. The van der Waals surface area contributed by atoms with Crippen LogP contribution in [0.1, 0.15) is 23.2 Å². The minimum absolute atomic E-state index is 0.0192. The summed E-state index contributed by atoms with van der Waals surface area (Å²) in [5, 5.41) is 4.08. The number of anilines is 1. The lowest BCUT2D eigenvalue weighted by molar-refractivity contribution is 0.0717. The number of amides is 1. The number of rotatable bonds is 4. The number of ether oxygens (including phenoxy) is 1. The Morgan fingerprint density at radius 3 is 2.92 bits per heavy atom. The molecule has 0 bridgehead atoms. The summed E-state index contributed by atoms with van der Waals surface area (Å²) in [7, 11) is 5.22. The van der Waals surface area contributed by atoms with Crippen molar-refractivity contribution in [2.75, 3.05) is 32.1 Å². The number of hydrogen-bond acceptors (Lipinski definition) is 6. The predicted molar refractivity (Wildman–Crippen MR) is 96.8 cm³/mol. The first-order chi connectivity index (χ1) is 12.0. The lowest BCUT2D eigenvalue weighted by Crippen LogP contribution is -2.49. The number of carbonyl (C=O) groups excluding carboxylic acids is 1. The Morgan fingerprint density at radius 2 is 2.24 bits per heavy atom. The van der Waals surface area contributed by atoms with Gasteiger partial charge in [-0.2, -0.15) is 10.1 Å². The van der Waals surface area contributed by atoms with E-state index in [0.29, 0.717) is 23.9 Å². The van der Waals surface area contributed by atoms with Gasteiger partial charge in [0.1, 0.15) is 0 Å². The highest BCUT2D eigenvalue weighted by atomic mass is 79.9. The standard InChI is InChI=1S/C16H21BrN6O2/c1-21-9-11(7-19-21)15(24)22(2)12-5-4-6-23(10-12)16-18-8-13(17)14(20-16)25-3/h7-9,12H,4-6,10H2,1-3H3. The van der Waals surface area contributed by atoms with Gasteiger partial charge in [0.25, 0.3) is 5.91 Å². The average Bonchev–Trinajstić information content (AvgIpc) is 3.07. The minimum atomic E-state index is -0.0192. The maximum absolute atomic E-state index is 12.6. The Balaban J connectivity index is 1.73. The zero-order valence-electron chi connectivity index (χ0n) is 14.5. The summed E-state index contributed by atoms with van der Waals surface area (Å²) in [6, 6.07) is 0.0969. The van der Waals surface area contributed by atoms with Gasteiger partial charge in [-0.3, -0.25) is 9.48 Å². The molecule has 0 radical (unpaired) electrons. The number of aromatic nitrogens is 4. The van der Waals surface area contributed by atoms with E-state index in [9.17, 15) is 4.79 Å². The van der Waals surface area contributed by atoms with Gasteiger partial charge in [-0.15, -0.1) is 0 Å². The van der Waals surface area contributed by atoms with E-state index < -0.39 is 0 Å². The van der Waals surface area contributed by atoms with Gasteiger partial charge in [0, 0.05) is 39.4 Å². The van der Waals surface area contributed by atoms with Gasteiger partial charge in [-0.25, -0.2) is 4.98 Å². The fraction of sp³-hybridized carbons (Fsp3) is 0.500. The summed E-state index contributed by atoms with van der Waals surface area (Å²) in [5.74, 6) is 1.10. The monoisotopic (exact) mass is 408 g/mol. The topological polar surface area (TPSA) is 76.4 Å². The van der Waals surface area contributed by atoms with E-state index in [-0.39, 0.29) is 11.9 Å². The van der Waals surface area contributed by atoms with E-state index >= 15 is 0 Å². The molecule has 0 aliphatic carbocycles. The Kier molecular flexibility index (Phi) is 5.22. The van der Waals surface area contributed by atoms with E-state index in [4.69, 9.17) is 4.74 Å². The number of carbonyl (C=O) groups is 1. The first-order valence-electron chi connectivity index (χ1n) is 8.07. The largest absolute Gasteiger partial charge is 0.480 e. The first-order valence-corrected chi connectivity index (χ1v) is 8.86.